The van der Waals surface area contributed by atoms with Crippen molar-refractivity contribution in [2.75, 3.05) is 5.75 Å². The molecule has 0 saturated carbocycles. The molecule has 0 spiro atoms. The van der Waals surface area contributed by atoms with E-state index in [1.54, 1.807) is 17.8 Å². The van der Waals surface area contributed by atoms with Crippen LogP contribution >= 0.6 is 27.7 Å². The van der Waals surface area contributed by atoms with Crippen molar-refractivity contribution in [3.63, 3.8) is 0 Å². The monoisotopic (exact) mass is 368 g/mol. The highest BCUT2D eigenvalue weighted by Crippen LogP contribution is 2.25. The standard InChI is InChI=1S/C16H18BrFN2S/c1-11-4-2-3-5-16(11)21-10-14(20-19)8-12-6-7-13(18)9-15(12)17/h2-7,9,14,20H,8,10,19H2,1H3. The van der Waals surface area contributed by atoms with Gasteiger partial charge in [0.15, 0.2) is 0 Å². The minimum atomic E-state index is -0.239. The Morgan fingerprint density at radius 3 is 2.71 bits per heavy atom. The molecule has 2 rings (SSSR count). The summed E-state index contributed by atoms with van der Waals surface area (Å²) in [6.45, 7) is 2.10. The van der Waals surface area contributed by atoms with Crippen molar-refractivity contribution < 1.29 is 4.39 Å². The van der Waals surface area contributed by atoms with E-state index in [1.165, 1.54) is 22.6 Å². The number of thioether (sulfide) groups is 1. The lowest BCUT2D eigenvalue weighted by atomic mass is 10.1. The normalized spacial score (nSPS) is 12.4. The van der Waals surface area contributed by atoms with Crippen LogP contribution in [0.15, 0.2) is 51.8 Å². The summed E-state index contributed by atoms with van der Waals surface area (Å²) in [7, 11) is 0. The lowest BCUT2D eigenvalue weighted by molar-refractivity contribution is 0.572. The lowest BCUT2D eigenvalue weighted by Crippen LogP contribution is -2.38. The van der Waals surface area contributed by atoms with Gasteiger partial charge in [-0.1, -0.05) is 40.2 Å². The Morgan fingerprint density at radius 1 is 1.29 bits per heavy atom. The molecule has 0 bridgehead atoms. The number of aryl methyl sites for hydroxylation is 1. The number of hydrogen-bond donors (Lipinski definition) is 2. The Hall–Kier alpha value is -0.880. The fraction of sp³-hybridized carbons (Fsp3) is 0.250. The minimum absolute atomic E-state index is 0.122. The van der Waals surface area contributed by atoms with E-state index >= 15 is 0 Å². The van der Waals surface area contributed by atoms with Crippen LogP contribution in [0.5, 0.6) is 0 Å². The molecule has 0 amide bonds. The third kappa shape index (κ3) is 4.81. The number of halogens is 2. The van der Waals surface area contributed by atoms with Gasteiger partial charge in [-0.05, 0) is 42.7 Å². The molecule has 5 heteroatoms. The second-order valence-corrected chi connectivity index (χ2v) is 6.80. The highest BCUT2D eigenvalue weighted by molar-refractivity contribution is 9.10. The molecule has 2 aromatic carbocycles. The molecule has 21 heavy (non-hydrogen) atoms. The molecule has 0 aliphatic carbocycles. The number of nitrogens with two attached hydrogens (primary N) is 1. The summed E-state index contributed by atoms with van der Waals surface area (Å²) in [5.41, 5.74) is 5.16. The molecule has 0 saturated heterocycles. The largest absolute Gasteiger partial charge is 0.271 e. The van der Waals surface area contributed by atoms with Gasteiger partial charge in [0.05, 0.1) is 0 Å². The zero-order valence-electron chi connectivity index (χ0n) is 11.8. The summed E-state index contributed by atoms with van der Waals surface area (Å²) in [5.74, 6) is 6.26. The average molecular weight is 369 g/mol. The molecule has 0 heterocycles. The van der Waals surface area contributed by atoms with Gasteiger partial charge >= 0.3 is 0 Å². The Bertz CT molecular complexity index is 607. The van der Waals surface area contributed by atoms with E-state index in [0.717, 1.165) is 22.2 Å². The maximum Gasteiger partial charge on any atom is 0.124 e. The molecule has 1 atom stereocenters. The van der Waals surface area contributed by atoms with Crippen molar-refractivity contribution in [3.05, 3.63) is 63.9 Å². The van der Waals surface area contributed by atoms with Gasteiger partial charge in [-0.25, -0.2) is 4.39 Å². The first-order valence-electron chi connectivity index (χ1n) is 6.68. The highest BCUT2D eigenvalue weighted by Gasteiger charge is 2.12. The van der Waals surface area contributed by atoms with Crippen LogP contribution < -0.4 is 11.3 Å². The molecule has 3 N–H and O–H groups in total. The topological polar surface area (TPSA) is 38.0 Å². The summed E-state index contributed by atoms with van der Waals surface area (Å²) in [4.78, 5) is 1.26. The predicted octanol–water partition coefficient (Wildman–Crippen LogP) is 4.06. The Kier molecular flexibility index (Phi) is 6.23. The SMILES string of the molecule is Cc1ccccc1SCC(Cc1ccc(F)cc1Br)NN. The summed E-state index contributed by atoms with van der Waals surface area (Å²) < 4.78 is 13.9. The van der Waals surface area contributed by atoms with E-state index in [-0.39, 0.29) is 11.9 Å². The van der Waals surface area contributed by atoms with Crippen LogP contribution in [0.4, 0.5) is 4.39 Å². The summed E-state index contributed by atoms with van der Waals surface area (Å²) >= 11 is 5.17. The zero-order chi connectivity index (χ0) is 15.2. The van der Waals surface area contributed by atoms with Crippen molar-refractivity contribution in [1.29, 1.82) is 0 Å². The van der Waals surface area contributed by atoms with Crippen molar-refractivity contribution >= 4 is 27.7 Å². The lowest BCUT2D eigenvalue weighted by Gasteiger charge is -2.17. The number of hydrazine groups is 1. The second kappa shape index (κ2) is 7.94. The van der Waals surface area contributed by atoms with Crippen LogP contribution in [-0.4, -0.2) is 11.8 Å². The molecule has 0 aliphatic heterocycles. The predicted molar refractivity (Wildman–Crippen MR) is 90.8 cm³/mol. The van der Waals surface area contributed by atoms with Crippen LogP contribution in [0.3, 0.4) is 0 Å². The van der Waals surface area contributed by atoms with Crippen LogP contribution in [0, 0.1) is 12.7 Å². The van der Waals surface area contributed by atoms with Gasteiger partial charge in [-0.2, -0.15) is 0 Å². The number of hydrogen-bond acceptors (Lipinski definition) is 3. The first-order valence-corrected chi connectivity index (χ1v) is 8.46. The van der Waals surface area contributed by atoms with E-state index < -0.39 is 0 Å². The van der Waals surface area contributed by atoms with E-state index in [2.05, 4.69) is 40.4 Å². The fourth-order valence-corrected chi connectivity index (χ4v) is 3.61. The molecule has 0 fully saturated rings. The van der Waals surface area contributed by atoms with Crippen LogP contribution in [0.2, 0.25) is 0 Å². The Labute approximate surface area is 137 Å². The molecule has 112 valence electrons. The maximum absolute atomic E-state index is 13.1. The summed E-state index contributed by atoms with van der Waals surface area (Å²) in [5, 5.41) is 0. The van der Waals surface area contributed by atoms with Crippen molar-refractivity contribution in [3.8, 4) is 0 Å². The van der Waals surface area contributed by atoms with E-state index in [0.29, 0.717) is 0 Å². The zero-order valence-corrected chi connectivity index (χ0v) is 14.2. The Morgan fingerprint density at radius 2 is 2.05 bits per heavy atom. The van der Waals surface area contributed by atoms with Crippen LogP contribution in [0.1, 0.15) is 11.1 Å². The van der Waals surface area contributed by atoms with Crippen molar-refractivity contribution in [2.24, 2.45) is 5.84 Å². The molecule has 2 aromatic rings. The third-order valence-electron chi connectivity index (χ3n) is 3.25. The first-order chi connectivity index (χ1) is 10.1. The fourth-order valence-electron chi connectivity index (χ4n) is 2.03. The van der Waals surface area contributed by atoms with E-state index in [1.807, 2.05) is 12.1 Å². The van der Waals surface area contributed by atoms with Crippen molar-refractivity contribution in [2.45, 2.75) is 24.3 Å². The molecule has 0 aliphatic rings. The maximum atomic E-state index is 13.1. The summed E-state index contributed by atoms with van der Waals surface area (Å²) in [6.07, 6.45) is 0.746. The van der Waals surface area contributed by atoms with Gasteiger partial charge < -0.3 is 0 Å². The van der Waals surface area contributed by atoms with Gasteiger partial charge in [0.1, 0.15) is 5.82 Å². The molecular formula is C16H18BrFN2S. The Balaban J connectivity index is 1.99. The highest BCUT2D eigenvalue weighted by atomic mass is 79.9. The second-order valence-electron chi connectivity index (χ2n) is 4.88. The van der Waals surface area contributed by atoms with Gasteiger partial charge in [-0.3, -0.25) is 11.3 Å². The molecule has 1 unspecified atom stereocenters. The number of rotatable bonds is 6. The first kappa shape index (κ1) is 16.5. The quantitative estimate of drug-likeness (QED) is 0.458. The van der Waals surface area contributed by atoms with Crippen LogP contribution in [0.25, 0.3) is 0 Å². The number of benzene rings is 2. The molecule has 0 radical (unpaired) electrons. The van der Waals surface area contributed by atoms with Gasteiger partial charge in [0.25, 0.3) is 0 Å². The average Bonchev–Trinajstić information content (AvgIpc) is 2.47. The molecular weight excluding hydrogens is 351 g/mol. The smallest absolute Gasteiger partial charge is 0.124 e. The summed E-state index contributed by atoms with van der Waals surface area (Å²) in [6, 6.07) is 13.2. The number of nitrogens with one attached hydrogen (secondary N) is 1. The van der Waals surface area contributed by atoms with Gasteiger partial charge in [0.2, 0.25) is 0 Å². The minimum Gasteiger partial charge on any atom is -0.271 e. The molecule has 0 aromatic heterocycles. The molecule has 2 nitrogen and oxygen atoms in total. The van der Waals surface area contributed by atoms with Gasteiger partial charge in [-0.15, -0.1) is 11.8 Å². The van der Waals surface area contributed by atoms with Crippen molar-refractivity contribution in [1.82, 2.24) is 5.43 Å². The van der Waals surface area contributed by atoms with E-state index in [4.69, 9.17) is 5.84 Å². The third-order valence-corrected chi connectivity index (χ3v) is 5.33. The van der Waals surface area contributed by atoms with Gasteiger partial charge in [0, 0.05) is 21.2 Å². The van der Waals surface area contributed by atoms with Crippen LogP contribution in [-0.2, 0) is 6.42 Å². The van der Waals surface area contributed by atoms with E-state index in [9.17, 15) is 4.39 Å².